The lowest BCUT2D eigenvalue weighted by molar-refractivity contribution is 0.0954. The van der Waals surface area contributed by atoms with Crippen LogP contribution in [0.25, 0.3) is 0 Å². The van der Waals surface area contributed by atoms with Crippen molar-refractivity contribution in [1.82, 2.24) is 16.0 Å². The Morgan fingerprint density at radius 1 is 1.22 bits per heavy atom. The van der Waals surface area contributed by atoms with Gasteiger partial charge in [0.05, 0.1) is 18.2 Å². The smallest absolute Gasteiger partial charge is 0.251 e. The van der Waals surface area contributed by atoms with Crippen LogP contribution in [0.4, 0.5) is 0 Å². The van der Waals surface area contributed by atoms with Crippen LogP contribution in [-0.2, 0) is 4.74 Å². The highest BCUT2D eigenvalue weighted by molar-refractivity contribution is 5.94. The van der Waals surface area contributed by atoms with Gasteiger partial charge < -0.3 is 20.7 Å². The molecule has 1 aromatic carbocycles. The average Bonchev–Trinajstić information content (AvgIpc) is 3.21. The van der Waals surface area contributed by atoms with Crippen molar-refractivity contribution in [2.45, 2.75) is 37.5 Å². The number of nitrogens with zero attached hydrogens (tertiary/aromatic N) is 1. The van der Waals surface area contributed by atoms with Gasteiger partial charge in [0.15, 0.2) is 5.96 Å². The van der Waals surface area contributed by atoms with Crippen molar-refractivity contribution in [2.24, 2.45) is 4.99 Å². The van der Waals surface area contributed by atoms with Crippen molar-refractivity contribution < 1.29 is 9.53 Å². The van der Waals surface area contributed by atoms with Crippen LogP contribution < -0.4 is 16.0 Å². The molecule has 0 saturated carbocycles. The lowest BCUT2D eigenvalue weighted by Crippen LogP contribution is -2.48. The van der Waals surface area contributed by atoms with Crippen LogP contribution in [0.15, 0.2) is 35.3 Å². The molecule has 2 fully saturated rings. The number of ether oxygens (including phenoxy) is 1. The van der Waals surface area contributed by atoms with E-state index in [9.17, 15) is 4.79 Å². The van der Waals surface area contributed by atoms with Crippen molar-refractivity contribution in [3.8, 4) is 0 Å². The molecule has 3 unspecified atom stereocenters. The highest BCUT2D eigenvalue weighted by Gasteiger charge is 2.41. The third-order valence-electron chi connectivity index (χ3n) is 4.39. The monoisotopic (exact) mass is 316 g/mol. The van der Waals surface area contributed by atoms with Gasteiger partial charge in [0.1, 0.15) is 0 Å². The first-order valence-corrected chi connectivity index (χ1v) is 8.22. The average molecular weight is 316 g/mol. The molecule has 124 valence electrons. The SMILES string of the molecule is CN=C(NCCNC(=O)c1ccccc1)NC1CC2CCC1O2. The minimum Gasteiger partial charge on any atom is -0.373 e. The van der Waals surface area contributed by atoms with Gasteiger partial charge in [0.2, 0.25) is 0 Å². The Kier molecular flexibility index (Phi) is 5.12. The molecule has 2 aliphatic heterocycles. The summed E-state index contributed by atoms with van der Waals surface area (Å²) in [5.74, 6) is 0.706. The van der Waals surface area contributed by atoms with E-state index in [0.29, 0.717) is 36.9 Å². The van der Waals surface area contributed by atoms with Crippen LogP contribution in [0, 0.1) is 0 Å². The fourth-order valence-corrected chi connectivity index (χ4v) is 3.21. The second-order valence-corrected chi connectivity index (χ2v) is 5.98. The molecule has 1 aromatic rings. The number of carbonyl (C=O) groups is 1. The largest absolute Gasteiger partial charge is 0.373 e. The van der Waals surface area contributed by atoms with E-state index < -0.39 is 0 Å². The molecule has 2 saturated heterocycles. The predicted molar refractivity (Wildman–Crippen MR) is 89.6 cm³/mol. The molecule has 2 aliphatic rings. The van der Waals surface area contributed by atoms with E-state index in [1.807, 2.05) is 18.2 Å². The first-order valence-electron chi connectivity index (χ1n) is 8.22. The standard InChI is InChI=1S/C17H24N4O2/c1-18-17(21-14-11-13-7-8-15(14)23-13)20-10-9-19-16(22)12-5-3-2-4-6-12/h2-6,13-15H,7-11H2,1H3,(H,19,22)(H2,18,20,21). The molecule has 3 rings (SSSR count). The van der Waals surface area contributed by atoms with Crippen molar-refractivity contribution in [1.29, 1.82) is 0 Å². The molecule has 1 amide bonds. The Balaban J connectivity index is 1.37. The summed E-state index contributed by atoms with van der Waals surface area (Å²) in [6.45, 7) is 1.17. The van der Waals surface area contributed by atoms with Crippen LogP contribution in [0.3, 0.4) is 0 Å². The molecule has 0 spiro atoms. The molecule has 3 N–H and O–H groups in total. The van der Waals surface area contributed by atoms with Gasteiger partial charge in [0.25, 0.3) is 5.91 Å². The number of hydrogen-bond acceptors (Lipinski definition) is 3. The Morgan fingerprint density at radius 3 is 2.65 bits per heavy atom. The number of guanidine groups is 1. The number of benzene rings is 1. The number of amides is 1. The zero-order chi connectivity index (χ0) is 16.1. The third kappa shape index (κ3) is 4.01. The van der Waals surface area contributed by atoms with Crippen LogP contribution in [0.5, 0.6) is 0 Å². The predicted octanol–water partition coefficient (Wildman–Crippen LogP) is 0.901. The van der Waals surface area contributed by atoms with E-state index >= 15 is 0 Å². The van der Waals surface area contributed by atoms with Crippen LogP contribution in [0.2, 0.25) is 0 Å². The van der Waals surface area contributed by atoms with Crippen molar-refractivity contribution in [3.63, 3.8) is 0 Å². The van der Waals surface area contributed by atoms with E-state index in [-0.39, 0.29) is 5.91 Å². The lowest BCUT2D eigenvalue weighted by Gasteiger charge is -2.22. The second-order valence-electron chi connectivity index (χ2n) is 5.98. The number of aliphatic imine (C=N–C) groups is 1. The fourth-order valence-electron chi connectivity index (χ4n) is 3.21. The van der Waals surface area contributed by atoms with Gasteiger partial charge in [0, 0.05) is 25.7 Å². The summed E-state index contributed by atoms with van der Waals surface area (Å²) in [4.78, 5) is 16.2. The maximum absolute atomic E-state index is 11.9. The molecular weight excluding hydrogens is 292 g/mol. The van der Waals surface area contributed by atoms with Crippen molar-refractivity contribution in [2.75, 3.05) is 20.1 Å². The Labute approximate surface area is 136 Å². The first-order chi connectivity index (χ1) is 11.3. The number of carbonyl (C=O) groups excluding carboxylic acids is 1. The Bertz CT molecular complexity index is 561. The zero-order valence-corrected chi connectivity index (χ0v) is 13.4. The minimum absolute atomic E-state index is 0.0585. The topological polar surface area (TPSA) is 74.8 Å². The van der Waals surface area contributed by atoms with Crippen LogP contribution in [-0.4, -0.2) is 50.3 Å². The van der Waals surface area contributed by atoms with Crippen LogP contribution in [0.1, 0.15) is 29.6 Å². The summed E-state index contributed by atoms with van der Waals surface area (Å²) in [6.07, 6.45) is 4.10. The molecule has 6 nitrogen and oxygen atoms in total. The number of hydrogen-bond donors (Lipinski definition) is 3. The molecule has 0 radical (unpaired) electrons. The Hall–Kier alpha value is -2.08. The van der Waals surface area contributed by atoms with Crippen molar-refractivity contribution in [3.05, 3.63) is 35.9 Å². The van der Waals surface area contributed by atoms with Crippen LogP contribution >= 0.6 is 0 Å². The van der Waals surface area contributed by atoms with E-state index in [4.69, 9.17) is 4.74 Å². The van der Waals surface area contributed by atoms with Gasteiger partial charge >= 0.3 is 0 Å². The van der Waals surface area contributed by atoms with E-state index in [2.05, 4.69) is 20.9 Å². The van der Waals surface area contributed by atoms with E-state index in [1.165, 1.54) is 6.42 Å². The summed E-state index contributed by atoms with van der Waals surface area (Å²) in [6, 6.07) is 9.57. The molecule has 3 atom stereocenters. The second kappa shape index (κ2) is 7.46. The first kappa shape index (κ1) is 15.8. The molecule has 0 aromatic heterocycles. The summed E-state index contributed by atoms with van der Waals surface area (Å²) in [7, 11) is 1.76. The summed E-state index contributed by atoms with van der Waals surface area (Å²) >= 11 is 0. The molecule has 6 heteroatoms. The molecule has 2 heterocycles. The van der Waals surface area contributed by atoms with Gasteiger partial charge in [-0.05, 0) is 31.4 Å². The van der Waals surface area contributed by atoms with Gasteiger partial charge in [-0.2, -0.15) is 0 Å². The zero-order valence-electron chi connectivity index (χ0n) is 13.4. The van der Waals surface area contributed by atoms with E-state index in [1.54, 1.807) is 19.2 Å². The van der Waals surface area contributed by atoms with Crippen molar-refractivity contribution >= 4 is 11.9 Å². The normalized spacial score (nSPS) is 26.1. The fraction of sp³-hybridized carbons (Fsp3) is 0.529. The molecule has 23 heavy (non-hydrogen) atoms. The lowest BCUT2D eigenvalue weighted by atomic mass is 9.96. The highest BCUT2D eigenvalue weighted by atomic mass is 16.5. The van der Waals surface area contributed by atoms with Gasteiger partial charge in [-0.25, -0.2) is 0 Å². The highest BCUT2D eigenvalue weighted by Crippen LogP contribution is 2.34. The molecule has 2 bridgehead atoms. The quantitative estimate of drug-likeness (QED) is 0.429. The maximum Gasteiger partial charge on any atom is 0.251 e. The molecule has 0 aliphatic carbocycles. The number of nitrogens with one attached hydrogen (secondary N) is 3. The summed E-state index contributed by atoms with van der Waals surface area (Å²) in [5.41, 5.74) is 0.675. The van der Waals surface area contributed by atoms with Gasteiger partial charge in [-0.3, -0.25) is 9.79 Å². The van der Waals surface area contributed by atoms with Gasteiger partial charge in [-0.1, -0.05) is 18.2 Å². The third-order valence-corrected chi connectivity index (χ3v) is 4.39. The summed E-state index contributed by atoms with van der Waals surface area (Å²) in [5, 5.41) is 9.54. The maximum atomic E-state index is 11.9. The molecular formula is C17H24N4O2. The minimum atomic E-state index is -0.0585. The number of rotatable bonds is 5. The van der Waals surface area contributed by atoms with E-state index in [0.717, 1.165) is 18.8 Å². The Morgan fingerprint density at radius 2 is 2.00 bits per heavy atom. The summed E-state index contributed by atoms with van der Waals surface area (Å²) < 4.78 is 5.83. The number of fused-ring (bicyclic) bond motifs is 2. The van der Waals surface area contributed by atoms with Gasteiger partial charge in [-0.15, -0.1) is 0 Å².